The molecule has 0 aromatic carbocycles. The molecule has 0 amide bonds. The fourth-order valence-corrected chi connectivity index (χ4v) is 2.67. The number of nitrogens with one attached hydrogen (secondary N) is 1. The smallest absolute Gasteiger partial charge is 0.0905 e. The summed E-state index contributed by atoms with van der Waals surface area (Å²) < 4.78 is 0. The van der Waals surface area contributed by atoms with Gasteiger partial charge >= 0.3 is 0 Å². The van der Waals surface area contributed by atoms with E-state index < -0.39 is 0 Å². The molecule has 1 fully saturated rings. The van der Waals surface area contributed by atoms with Crippen molar-refractivity contribution in [2.75, 3.05) is 25.4 Å². The average Bonchev–Trinajstić information content (AvgIpc) is 2.03. The minimum atomic E-state index is 0.319. The first-order valence-electron chi connectivity index (χ1n) is 4.85. The number of rotatable bonds is 4. The van der Waals surface area contributed by atoms with Gasteiger partial charge < -0.3 is 10.6 Å². The molecule has 1 aliphatic heterocycles. The van der Waals surface area contributed by atoms with Crippen molar-refractivity contribution < 1.29 is 0 Å². The molecule has 3 N–H and O–H groups in total. The summed E-state index contributed by atoms with van der Waals surface area (Å²) in [5, 5.41) is 7.88. The van der Waals surface area contributed by atoms with Gasteiger partial charge in [-0.1, -0.05) is 6.92 Å². The number of hydrogen-bond acceptors (Lipinski definition) is 3. The van der Waals surface area contributed by atoms with E-state index in [9.17, 15) is 0 Å². The molecule has 1 saturated heterocycles. The molecule has 1 rings (SSSR count). The third kappa shape index (κ3) is 4.52. The Bertz CT molecular complexity index is 172. The number of nitrogens with two attached hydrogens (primary N) is 1. The molecule has 0 bridgehead atoms. The highest BCUT2D eigenvalue weighted by atomic mass is 32.2. The summed E-state index contributed by atoms with van der Waals surface area (Å²) in [6, 6.07) is 0. The molecule has 76 valence electrons. The van der Waals surface area contributed by atoms with Crippen molar-refractivity contribution in [1.82, 2.24) is 4.90 Å². The SMILES string of the molecule is CC1CN(CCCC(=N)N)CCS1. The van der Waals surface area contributed by atoms with E-state index in [0.29, 0.717) is 5.84 Å². The lowest BCUT2D eigenvalue weighted by molar-refractivity contribution is 0.284. The normalized spacial score (nSPS) is 24.5. The van der Waals surface area contributed by atoms with E-state index in [1.165, 1.54) is 18.8 Å². The lowest BCUT2D eigenvalue weighted by atomic mass is 10.2. The summed E-state index contributed by atoms with van der Waals surface area (Å²) in [4.78, 5) is 2.48. The molecule has 0 aliphatic carbocycles. The van der Waals surface area contributed by atoms with Gasteiger partial charge in [0.25, 0.3) is 0 Å². The van der Waals surface area contributed by atoms with Crippen LogP contribution in [0.15, 0.2) is 0 Å². The number of hydrogen-bond donors (Lipinski definition) is 2. The molecule has 1 aliphatic rings. The van der Waals surface area contributed by atoms with Crippen molar-refractivity contribution in [1.29, 1.82) is 5.41 Å². The van der Waals surface area contributed by atoms with Gasteiger partial charge in [-0.25, -0.2) is 0 Å². The first kappa shape index (κ1) is 10.9. The summed E-state index contributed by atoms with van der Waals surface area (Å²) >= 11 is 2.05. The molecule has 1 unspecified atom stereocenters. The van der Waals surface area contributed by atoms with Crippen molar-refractivity contribution in [3.63, 3.8) is 0 Å². The number of thioether (sulfide) groups is 1. The molecule has 0 aromatic rings. The van der Waals surface area contributed by atoms with E-state index in [0.717, 1.165) is 24.6 Å². The Balaban J connectivity index is 2.10. The second-order valence-corrected chi connectivity index (χ2v) is 5.16. The lowest BCUT2D eigenvalue weighted by Gasteiger charge is -2.30. The van der Waals surface area contributed by atoms with Crippen LogP contribution in [0.4, 0.5) is 0 Å². The highest BCUT2D eigenvalue weighted by Crippen LogP contribution is 2.17. The first-order chi connectivity index (χ1) is 6.18. The van der Waals surface area contributed by atoms with Crippen LogP contribution in [0.5, 0.6) is 0 Å². The van der Waals surface area contributed by atoms with Gasteiger partial charge in [-0.2, -0.15) is 11.8 Å². The molecule has 0 aromatic heterocycles. The summed E-state index contributed by atoms with van der Waals surface area (Å²) in [6.45, 7) is 5.78. The number of amidine groups is 1. The van der Waals surface area contributed by atoms with Gasteiger partial charge in [-0.05, 0) is 13.0 Å². The highest BCUT2D eigenvalue weighted by Gasteiger charge is 2.15. The minimum Gasteiger partial charge on any atom is -0.388 e. The van der Waals surface area contributed by atoms with Crippen molar-refractivity contribution in [3.8, 4) is 0 Å². The third-order valence-corrected chi connectivity index (χ3v) is 3.38. The van der Waals surface area contributed by atoms with E-state index in [-0.39, 0.29) is 0 Å². The molecular weight excluding hydrogens is 182 g/mol. The van der Waals surface area contributed by atoms with Crippen LogP contribution in [-0.4, -0.2) is 41.4 Å². The Kier molecular flexibility index (Phi) is 4.59. The van der Waals surface area contributed by atoms with Gasteiger partial charge in [0, 0.05) is 30.5 Å². The van der Waals surface area contributed by atoms with Crippen molar-refractivity contribution in [3.05, 3.63) is 0 Å². The van der Waals surface area contributed by atoms with Crippen LogP contribution in [0.2, 0.25) is 0 Å². The molecule has 0 saturated carbocycles. The maximum atomic E-state index is 7.11. The fourth-order valence-electron chi connectivity index (χ4n) is 1.59. The van der Waals surface area contributed by atoms with Crippen molar-refractivity contribution >= 4 is 17.6 Å². The Morgan fingerprint density at radius 3 is 3.08 bits per heavy atom. The predicted molar refractivity (Wildman–Crippen MR) is 59.5 cm³/mol. The Morgan fingerprint density at radius 1 is 1.69 bits per heavy atom. The zero-order valence-corrected chi connectivity index (χ0v) is 9.07. The Labute approximate surface area is 84.6 Å². The molecule has 13 heavy (non-hydrogen) atoms. The second-order valence-electron chi connectivity index (χ2n) is 3.61. The molecule has 1 atom stereocenters. The van der Waals surface area contributed by atoms with E-state index >= 15 is 0 Å². The van der Waals surface area contributed by atoms with Crippen molar-refractivity contribution in [2.24, 2.45) is 5.73 Å². The van der Waals surface area contributed by atoms with Gasteiger partial charge in [0.1, 0.15) is 0 Å². The fraction of sp³-hybridized carbons (Fsp3) is 0.889. The highest BCUT2D eigenvalue weighted by molar-refractivity contribution is 7.99. The summed E-state index contributed by atoms with van der Waals surface area (Å²) in [5.74, 6) is 1.57. The standard InChI is InChI=1S/C9H19N3S/c1-8-7-12(5-6-13-8)4-2-3-9(10)11/h8H,2-7H2,1H3,(H3,10,11). The molecule has 3 nitrogen and oxygen atoms in total. The van der Waals surface area contributed by atoms with Gasteiger partial charge in [0.2, 0.25) is 0 Å². The molecular formula is C9H19N3S. The molecule has 4 heteroatoms. The molecule has 1 heterocycles. The van der Waals surface area contributed by atoms with E-state index in [1.54, 1.807) is 0 Å². The number of nitrogens with zero attached hydrogens (tertiary/aromatic N) is 1. The Morgan fingerprint density at radius 2 is 2.46 bits per heavy atom. The van der Waals surface area contributed by atoms with Crippen LogP contribution < -0.4 is 5.73 Å². The average molecular weight is 201 g/mol. The minimum absolute atomic E-state index is 0.319. The zero-order valence-electron chi connectivity index (χ0n) is 8.25. The monoisotopic (exact) mass is 201 g/mol. The van der Waals surface area contributed by atoms with Crippen molar-refractivity contribution in [2.45, 2.75) is 25.0 Å². The van der Waals surface area contributed by atoms with E-state index in [2.05, 4.69) is 23.6 Å². The van der Waals surface area contributed by atoms with Gasteiger partial charge in [0.05, 0.1) is 5.84 Å². The first-order valence-corrected chi connectivity index (χ1v) is 5.90. The largest absolute Gasteiger partial charge is 0.388 e. The zero-order chi connectivity index (χ0) is 9.68. The third-order valence-electron chi connectivity index (χ3n) is 2.25. The quantitative estimate of drug-likeness (QED) is 0.530. The second kappa shape index (κ2) is 5.50. The van der Waals surface area contributed by atoms with Crippen LogP contribution in [0, 0.1) is 5.41 Å². The summed E-state index contributed by atoms with van der Waals surface area (Å²) in [5.41, 5.74) is 5.30. The van der Waals surface area contributed by atoms with E-state index in [4.69, 9.17) is 11.1 Å². The van der Waals surface area contributed by atoms with Crippen LogP contribution in [0.1, 0.15) is 19.8 Å². The maximum absolute atomic E-state index is 7.11. The maximum Gasteiger partial charge on any atom is 0.0905 e. The predicted octanol–water partition coefficient (Wildman–Crippen LogP) is 1.14. The topological polar surface area (TPSA) is 53.1 Å². The summed E-state index contributed by atoms with van der Waals surface area (Å²) in [7, 11) is 0. The van der Waals surface area contributed by atoms with Crippen LogP contribution in [-0.2, 0) is 0 Å². The van der Waals surface area contributed by atoms with Crippen LogP contribution in [0.3, 0.4) is 0 Å². The summed E-state index contributed by atoms with van der Waals surface area (Å²) in [6.07, 6.45) is 1.78. The Hall–Kier alpha value is -0.220. The van der Waals surface area contributed by atoms with Gasteiger partial charge in [-0.3, -0.25) is 5.41 Å². The van der Waals surface area contributed by atoms with Gasteiger partial charge in [-0.15, -0.1) is 0 Å². The van der Waals surface area contributed by atoms with Gasteiger partial charge in [0.15, 0.2) is 0 Å². The molecule has 0 spiro atoms. The van der Waals surface area contributed by atoms with Crippen LogP contribution in [0.25, 0.3) is 0 Å². The lowest BCUT2D eigenvalue weighted by Crippen LogP contribution is -2.37. The van der Waals surface area contributed by atoms with E-state index in [1.807, 2.05) is 0 Å². The molecule has 0 radical (unpaired) electrons. The van der Waals surface area contributed by atoms with Crippen LogP contribution >= 0.6 is 11.8 Å².